The molecule has 0 unspecified atom stereocenters. The number of thioether (sulfide) groups is 1. The van der Waals surface area contributed by atoms with E-state index < -0.39 is 5.97 Å². The summed E-state index contributed by atoms with van der Waals surface area (Å²) in [5, 5.41) is 9.29. The number of hydrogen-bond acceptors (Lipinski definition) is 3. The summed E-state index contributed by atoms with van der Waals surface area (Å²) in [6.07, 6.45) is 1.65. The largest absolute Gasteiger partial charge is 0.478 e. The van der Waals surface area contributed by atoms with E-state index in [1.807, 2.05) is 12.1 Å². The van der Waals surface area contributed by atoms with E-state index in [2.05, 4.69) is 4.98 Å². The maximum atomic E-state index is 10.7. The Morgan fingerprint density at radius 3 is 2.61 bits per heavy atom. The summed E-state index contributed by atoms with van der Waals surface area (Å²) in [6, 6.07) is 10.5. The van der Waals surface area contributed by atoms with Gasteiger partial charge in [-0.1, -0.05) is 17.7 Å². The van der Waals surface area contributed by atoms with Gasteiger partial charge in [-0.2, -0.15) is 0 Å². The summed E-state index contributed by atoms with van der Waals surface area (Å²) in [4.78, 5) is 15.7. The van der Waals surface area contributed by atoms with Gasteiger partial charge in [0.05, 0.1) is 5.56 Å². The molecule has 0 saturated heterocycles. The van der Waals surface area contributed by atoms with Crippen LogP contribution in [-0.4, -0.2) is 16.1 Å². The highest BCUT2D eigenvalue weighted by Gasteiger charge is 2.04. The Kier molecular flexibility index (Phi) is 4.23. The predicted octanol–water partition coefficient (Wildman–Crippen LogP) is 3.73. The molecule has 1 heterocycles. The average molecular weight is 280 g/mol. The van der Waals surface area contributed by atoms with Gasteiger partial charge in [0.1, 0.15) is 5.15 Å². The van der Waals surface area contributed by atoms with E-state index >= 15 is 0 Å². The Morgan fingerprint density at radius 2 is 2.00 bits per heavy atom. The zero-order chi connectivity index (χ0) is 13.0. The lowest BCUT2D eigenvalue weighted by molar-refractivity contribution is 0.0697. The molecule has 2 aromatic rings. The van der Waals surface area contributed by atoms with Crippen molar-refractivity contribution in [1.82, 2.24) is 4.98 Å². The van der Waals surface area contributed by atoms with E-state index in [1.165, 1.54) is 0 Å². The Balaban J connectivity index is 2.02. The number of nitrogens with zero attached hydrogens (tertiary/aromatic N) is 1. The number of aromatic nitrogens is 1. The number of carbonyl (C=O) groups is 1. The van der Waals surface area contributed by atoms with Crippen molar-refractivity contribution in [2.75, 3.05) is 0 Å². The molecule has 18 heavy (non-hydrogen) atoms. The van der Waals surface area contributed by atoms with Crippen molar-refractivity contribution in [2.45, 2.75) is 10.6 Å². The zero-order valence-corrected chi connectivity index (χ0v) is 10.9. The molecule has 5 heteroatoms. The van der Waals surface area contributed by atoms with Gasteiger partial charge in [0.15, 0.2) is 0 Å². The average Bonchev–Trinajstić information content (AvgIpc) is 2.38. The van der Waals surface area contributed by atoms with Gasteiger partial charge in [-0.25, -0.2) is 9.78 Å². The quantitative estimate of drug-likeness (QED) is 0.684. The second-order valence-corrected chi connectivity index (χ2v) is 4.98. The summed E-state index contributed by atoms with van der Waals surface area (Å²) in [5.74, 6) is -0.208. The molecule has 1 aromatic heterocycles. The van der Waals surface area contributed by atoms with Crippen LogP contribution >= 0.6 is 23.4 Å². The van der Waals surface area contributed by atoms with Crippen LogP contribution in [0.5, 0.6) is 0 Å². The second kappa shape index (κ2) is 5.89. The maximum absolute atomic E-state index is 10.7. The fourth-order valence-electron chi connectivity index (χ4n) is 1.38. The summed E-state index contributed by atoms with van der Waals surface area (Å²) >= 11 is 7.55. The van der Waals surface area contributed by atoms with Gasteiger partial charge in [0, 0.05) is 16.8 Å². The van der Waals surface area contributed by atoms with Crippen LogP contribution in [0.3, 0.4) is 0 Å². The molecule has 0 aliphatic rings. The van der Waals surface area contributed by atoms with Gasteiger partial charge in [0.25, 0.3) is 0 Å². The van der Waals surface area contributed by atoms with E-state index in [0.29, 0.717) is 16.5 Å². The van der Waals surface area contributed by atoms with Gasteiger partial charge in [-0.05, 0) is 35.9 Å². The lowest BCUT2D eigenvalue weighted by Gasteiger charge is -2.03. The molecule has 0 radical (unpaired) electrons. The predicted molar refractivity (Wildman–Crippen MR) is 72.2 cm³/mol. The van der Waals surface area contributed by atoms with Crippen molar-refractivity contribution >= 4 is 29.3 Å². The molecule has 92 valence electrons. The summed E-state index contributed by atoms with van der Waals surface area (Å²) in [7, 11) is 0. The molecule has 0 fully saturated rings. The van der Waals surface area contributed by atoms with Crippen LogP contribution in [0, 0.1) is 0 Å². The monoisotopic (exact) mass is 279 g/mol. The number of aromatic carboxylic acids is 1. The number of carboxylic acid groups (broad SMARTS) is 1. The van der Waals surface area contributed by atoms with Crippen LogP contribution in [0.4, 0.5) is 0 Å². The van der Waals surface area contributed by atoms with Crippen LogP contribution < -0.4 is 0 Å². The second-order valence-electron chi connectivity index (χ2n) is 3.57. The molecule has 3 nitrogen and oxygen atoms in total. The highest BCUT2D eigenvalue weighted by molar-refractivity contribution is 7.98. The number of pyridine rings is 1. The van der Waals surface area contributed by atoms with Gasteiger partial charge in [-0.3, -0.25) is 0 Å². The fourth-order valence-corrected chi connectivity index (χ4v) is 2.53. The molecule has 2 rings (SSSR count). The number of halogens is 1. The molecule has 0 saturated carbocycles. The number of hydrogen-bond donors (Lipinski definition) is 1. The third-order valence-electron chi connectivity index (χ3n) is 2.33. The lowest BCUT2D eigenvalue weighted by atomic mass is 10.2. The fraction of sp³-hybridized carbons (Fsp3) is 0.0769. The van der Waals surface area contributed by atoms with Gasteiger partial charge >= 0.3 is 5.97 Å². The molecule has 1 aromatic carbocycles. The Hall–Kier alpha value is -1.52. The molecular weight excluding hydrogens is 270 g/mol. The Morgan fingerprint density at radius 1 is 1.28 bits per heavy atom. The number of rotatable bonds is 4. The minimum absolute atomic E-state index is 0.291. The van der Waals surface area contributed by atoms with Gasteiger partial charge in [0.2, 0.25) is 0 Å². The third-order valence-corrected chi connectivity index (χ3v) is 3.73. The molecule has 0 amide bonds. The standard InChI is InChI=1S/C13H10ClNO2S/c14-12-10(2-1-7-15-12)8-18-11-5-3-9(4-6-11)13(16)17/h1-7H,8H2,(H,16,17). The maximum Gasteiger partial charge on any atom is 0.335 e. The summed E-state index contributed by atoms with van der Waals surface area (Å²) in [6.45, 7) is 0. The van der Waals surface area contributed by atoms with E-state index in [-0.39, 0.29) is 0 Å². The van der Waals surface area contributed by atoms with Crippen molar-refractivity contribution < 1.29 is 9.90 Å². The number of carboxylic acids is 1. The van der Waals surface area contributed by atoms with Crippen molar-refractivity contribution in [1.29, 1.82) is 0 Å². The highest BCUT2D eigenvalue weighted by Crippen LogP contribution is 2.25. The Labute approximate surface area is 114 Å². The zero-order valence-electron chi connectivity index (χ0n) is 9.34. The third kappa shape index (κ3) is 3.24. The minimum Gasteiger partial charge on any atom is -0.478 e. The van der Waals surface area contributed by atoms with Crippen molar-refractivity contribution in [3.05, 3.63) is 58.9 Å². The van der Waals surface area contributed by atoms with Crippen LogP contribution in [0.1, 0.15) is 15.9 Å². The first-order valence-electron chi connectivity index (χ1n) is 5.22. The van der Waals surface area contributed by atoms with E-state index in [0.717, 1.165) is 10.5 Å². The molecule has 1 N–H and O–H groups in total. The first-order valence-corrected chi connectivity index (χ1v) is 6.59. The lowest BCUT2D eigenvalue weighted by Crippen LogP contribution is -1.94. The number of benzene rings is 1. The summed E-state index contributed by atoms with van der Waals surface area (Å²) < 4.78 is 0. The molecule has 0 aliphatic carbocycles. The highest BCUT2D eigenvalue weighted by atomic mass is 35.5. The van der Waals surface area contributed by atoms with Gasteiger partial charge < -0.3 is 5.11 Å². The first kappa shape index (κ1) is 12.9. The van der Waals surface area contributed by atoms with Crippen molar-refractivity contribution in [2.24, 2.45) is 0 Å². The van der Waals surface area contributed by atoms with E-state index in [4.69, 9.17) is 16.7 Å². The van der Waals surface area contributed by atoms with Crippen LogP contribution in [0.2, 0.25) is 5.15 Å². The SMILES string of the molecule is O=C(O)c1ccc(SCc2cccnc2Cl)cc1. The van der Waals surface area contributed by atoms with Crippen molar-refractivity contribution in [3.8, 4) is 0 Å². The molecule has 0 spiro atoms. The molecule has 0 atom stereocenters. The topological polar surface area (TPSA) is 50.2 Å². The molecular formula is C13H10ClNO2S. The first-order chi connectivity index (χ1) is 8.66. The van der Waals surface area contributed by atoms with Crippen LogP contribution in [0.25, 0.3) is 0 Å². The van der Waals surface area contributed by atoms with Gasteiger partial charge in [-0.15, -0.1) is 11.8 Å². The minimum atomic E-state index is -0.915. The van der Waals surface area contributed by atoms with E-state index in [1.54, 1.807) is 42.2 Å². The summed E-state index contributed by atoms with van der Waals surface area (Å²) in [5.41, 5.74) is 1.25. The molecule has 0 bridgehead atoms. The van der Waals surface area contributed by atoms with Crippen molar-refractivity contribution in [3.63, 3.8) is 0 Å². The molecule has 0 aliphatic heterocycles. The van der Waals surface area contributed by atoms with Crippen LogP contribution in [-0.2, 0) is 5.75 Å². The normalized spacial score (nSPS) is 10.3. The Bertz CT molecular complexity index is 557. The smallest absolute Gasteiger partial charge is 0.335 e. The van der Waals surface area contributed by atoms with Crippen LogP contribution in [0.15, 0.2) is 47.5 Å². The van der Waals surface area contributed by atoms with E-state index in [9.17, 15) is 4.79 Å².